The number of amides is 1. The average Bonchev–Trinajstić information content (AvgIpc) is 2.88. The van der Waals surface area contributed by atoms with Crippen LogP contribution >= 0.6 is 0 Å². The van der Waals surface area contributed by atoms with Crippen LogP contribution in [0.3, 0.4) is 0 Å². The van der Waals surface area contributed by atoms with Crippen LogP contribution in [0, 0.1) is 11.3 Å². The second kappa shape index (κ2) is 11.0. The van der Waals surface area contributed by atoms with Gasteiger partial charge in [0.05, 0.1) is 6.42 Å². The molecule has 0 aliphatic carbocycles. The monoisotopic (exact) mass is 481 g/mol. The number of nitrogens with zero attached hydrogens (tertiary/aromatic N) is 2. The Morgan fingerprint density at radius 3 is 2.33 bits per heavy atom. The molecule has 4 aromatic rings. The lowest BCUT2D eigenvalue weighted by Crippen LogP contribution is -2.37. The standard InChI is InChI=1S/C28H23N3O5/c29-17-24-23-16-21(36-20-9-5-2-6-10-20)13-14-22(23)27(34)26(31-24)28(35)30-19(15-25(32)33)12-11-18-7-3-1-4-8-18/h1-10,13-14,16,19,34H,11-12,15H2,(H,30,35)(H,32,33). The summed E-state index contributed by atoms with van der Waals surface area (Å²) in [5.74, 6) is -1.18. The van der Waals surface area contributed by atoms with Crippen molar-refractivity contribution in [3.8, 4) is 23.3 Å². The number of carbonyl (C=O) groups excluding carboxylic acids is 1. The molecule has 0 saturated carbocycles. The number of carbonyl (C=O) groups is 2. The van der Waals surface area contributed by atoms with E-state index >= 15 is 0 Å². The molecule has 3 N–H and O–H groups in total. The van der Waals surface area contributed by atoms with E-state index in [2.05, 4.69) is 10.3 Å². The number of nitrogens with one attached hydrogen (secondary N) is 1. The Hall–Kier alpha value is -4.90. The van der Waals surface area contributed by atoms with Gasteiger partial charge in [0.25, 0.3) is 5.91 Å². The molecule has 1 aromatic heterocycles. The number of hydrogen-bond acceptors (Lipinski definition) is 6. The summed E-state index contributed by atoms with van der Waals surface area (Å²) in [5, 5.41) is 33.1. The molecular weight excluding hydrogens is 458 g/mol. The molecule has 0 bridgehead atoms. The van der Waals surface area contributed by atoms with E-state index in [9.17, 15) is 25.1 Å². The van der Waals surface area contributed by atoms with Crippen molar-refractivity contribution in [2.24, 2.45) is 0 Å². The predicted octanol–water partition coefficient (Wildman–Crippen LogP) is 4.81. The van der Waals surface area contributed by atoms with Crippen LogP contribution < -0.4 is 10.1 Å². The van der Waals surface area contributed by atoms with Gasteiger partial charge in [0.15, 0.2) is 11.4 Å². The largest absolute Gasteiger partial charge is 0.505 e. The maximum absolute atomic E-state index is 13.0. The number of rotatable bonds is 9. The van der Waals surface area contributed by atoms with Crippen molar-refractivity contribution < 1.29 is 24.5 Å². The van der Waals surface area contributed by atoms with Crippen LogP contribution in [0.15, 0.2) is 78.9 Å². The topological polar surface area (TPSA) is 133 Å². The van der Waals surface area contributed by atoms with Gasteiger partial charge < -0.3 is 20.3 Å². The van der Waals surface area contributed by atoms with Crippen LogP contribution in [0.2, 0.25) is 0 Å². The van der Waals surface area contributed by atoms with Crippen molar-refractivity contribution in [1.29, 1.82) is 5.26 Å². The first-order valence-electron chi connectivity index (χ1n) is 11.3. The lowest BCUT2D eigenvalue weighted by atomic mass is 10.0. The zero-order valence-electron chi connectivity index (χ0n) is 19.2. The van der Waals surface area contributed by atoms with Gasteiger partial charge in [-0.3, -0.25) is 9.59 Å². The zero-order valence-corrected chi connectivity index (χ0v) is 19.2. The minimum atomic E-state index is -1.06. The summed E-state index contributed by atoms with van der Waals surface area (Å²) in [6, 6.07) is 24.6. The Morgan fingerprint density at radius 1 is 0.972 bits per heavy atom. The van der Waals surface area contributed by atoms with E-state index in [1.54, 1.807) is 30.3 Å². The maximum atomic E-state index is 13.0. The van der Waals surface area contributed by atoms with Crippen LogP contribution in [0.4, 0.5) is 0 Å². The molecule has 1 amide bonds. The minimum absolute atomic E-state index is 0.0643. The Labute approximate surface area is 207 Å². The number of carboxylic acid groups (broad SMARTS) is 1. The van der Waals surface area contributed by atoms with E-state index in [1.165, 1.54) is 0 Å². The van der Waals surface area contributed by atoms with E-state index in [4.69, 9.17) is 4.74 Å². The minimum Gasteiger partial charge on any atom is -0.505 e. The molecule has 1 heterocycles. The van der Waals surface area contributed by atoms with Crippen LogP contribution in [-0.4, -0.2) is 33.1 Å². The van der Waals surface area contributed by atoms with Crippen LogP contribution in [0.5, 0.6) is 17.2 Å². The summed E-state index contributed by atoms with van der Waals surface area (Å²) < 4.78 is 5.80. The quantitative estimate of drug-likeness (QED) is 0.312. The van der Waals surface area contributed by atoms with Crippen molar-refractivity contribution in [3.63, 3.8) is 0 Å². The smallest absolute Gasteiger partial charge is 0.305 e. The number of ether oxygens (including phenoxy) is 1. The number of pyridine rings is 1. The van der Waals surface area contributed by atoms with Gasteiger partial charge in [-0.2, -0.15) is 5.26 Å². The third kappa shape index (κ3) is 5.77. The fourth-order valence-corrected chi connectivity index (χ4v) is 3.89. The van der Waals surface area contributed by atoms with Crippen LogP contribution in [-0.2, 0) is 11.2 Å². The first kappa shape index (κ1) is 24.2. The van der Waals surface area contributed by atoms with Gasteiger partial charge in [-0.15, -0.1) is 0 Å². The van der Waals surface area contributed by atoms with Crippen molar-refractivity contribution in [3.05, 3.63) is 95.8 Å². The molecule has 0 radical (unpaired) electrons. The first-order chi connectivity index (χ1) is 17.4. The lowest BCUT2D eigenvalue weighted by Gasteiger charge is -2.18. The molecule has 0 aliphatic rings. The summed E-state index contributed by atoms with van der Waals surface area (Å²) in [6.45, 7) is 0. The second-order valence-corrected chi connectivity index (χ2v) is 8.18. The van der Waals surface area contributed by atoms with E-state index < -0.39 is 23.7 Å². The Balaban J connectivity index is 1.59. The Kier molecular flexibility index (Phi) is 7.42. The molecule has 4 rings (SSSR count). The number of benzene rings is 3. The summed E-state index contributed by atoms with van der Waals surface area (Å²) >= 11 is 0. The fourth-order valence-electron chi connectivity index (χ4n) is 3.89. The molecule has 0 fully saturated rings. The van der Waals surface area contributed by atoms with Gasteiger partial charge in [-0.25, -0.2) is 4.98 Å². The molecule has 8 nitrogen and oxygen atoms in total. The molecule has 3 aromatic carbocycles. The van der Waals surface area contributed by atoms with Crippen molar-refractivity contribution in [2.75, 3.05) is 0 Å². The van der Waals surface area contributed by atoms with Crippen molar-refractivity contribution in [2.45, 2.75) is 25.3 Å². The summed E-state index contributed by atoms with van der Waals surface area (Å²) in [7, 11) is 0. The van der Waals surface area contributed by atoms with Crippen LogP contribution in [0.1, 0.15) is 34.6 Å². The molecule has 36 heavy (non-hydrogen) atoms. The molecule has 0 spiro atoms. The Morgan fingerprint density at radius 2 is 1.67 bits per heavy atom. The number of aromatic hydroxyl groups is 1. The number of fused-ring (bicyclic) bond motifs is 1. The number of carboxylic acids is 1. The van der Waals surface area contributed by atoms with Gasteiger partial charge in [-0.05, 0) is 48.7 Å². The van der Waals surface area contributed by atoms with Gasteiger partial charge >= 0.3 is 5.97 Å². The van der Waals surface area contributed by atoms with E-state index in [0.29, 0.717) is 29.7 Å². The van der Waals surface area contributed by atoms with Gasteiger partial charge in [0.2, 0.25) is 0 Å². The number of aromatic nitrogens is 1. The van der Waals surface area contributed by atoms with E-state index in [1.807, 2.05) is 54.6 Å². The number of para-hydroxylation sites is 1. The molecule has 1 atom stereocenters. The average molecular weight is 482 g/mol. The number of aliphatic carboxylic acids is 1. The highest BCUT2D eigenvalue weighted by atomic mass is 16.5. The molecule has 1 unspecified atom stereocenters. The van der Waals surface area contributed by atoms with E-state index in [-0.39, 0.29) is 23.2 Å². The van der Waals surface area contributed by atoms with Gasteiger partial charge in [0, 0.05) is 16.8 Å². The summed E-state index contributed by atoms with van der Waals surface area (Å²) in [6.07, 6.45) is 0.643. The normalized spacial score (nSPS) is 11.4. The molecule has 180 valence electrons. The lowest BCUT2D eigenvalue weighted by molar-refractivity contribution is -0.137. The van der Waals surface area contributed by atoms with Crippen LogP contribution in [0.25, 0.3) is 10.8 Å². The highest BCUT2D eigenvalue weighted by molar-refractivity contribution is 6.03. The number of aryl methyl sites for hydroxylation is 1. The zero-order chi connectivity index (χ0) is 25.5. The molecule has 8 heteroatoms. The highest BCUT2D eigenvalue weighted by Gasteiger charge is 2.23. The molecule has 0 saturated heterocycles. The molecule has 0 aliphatic heterocycles. The van der Waals surface area contributed by atoms with E-state index in [0.717, 1.165) is 5.56 Å². The molecular formula is C28H23N3O5. The van der Waals surface area contributed by atoms with Gasteiger partial charge in [-0.1, -0.05) is 48.5 Å². The maximum Gasteiger partial charge on any atom is 0.305 e. The highest BCUT2D eigenvalue weighted by Crippen LogP contribution is 2.33. The number of nitriles is 1. The summed E-state index contributed by atoms with van der Waals surface area (Å²) in [5.41, 5.74) is 0.602. The van der Waals surface area contributed by atoms with Crippen molar-refractivity contribution >= 4 is 22.6 Å². The first-order valence-corrected chi connectivity index (χ1v) is 11.3. The SMILES string of the molecule is N#Cc1nc(C(=O)NC(CCc2ccccc2)CC(=O)O)c(O)c2ccc(Oc3ccccc3)cc12. The fraction of sp³-hybridized carbons (Fsp3) is 0.143. The predicted molar refractivity (Wildman–Crippen MR) is 133 cm³/mol. The third-order valence-corrected chi connectivity index (χ3v) is 5.63. The second-order valence-electron chi connectivity index (χ2n) is 8.18. The Bertz CT molecular complexity index is 1430. The number of hydrogen-bond donors (Lipinski definition) is 3. The van der Waals surface area contributed by atoms with Gasteiger partial charge in [0.1, 0.15) is 23.3 Å². The summed E-state index contributed by atoms with van der Waals surface area (Å²) in [4.78, 5) is 28.5. The van der Waals surface area contributed by atoms with Crippen molar-refractivity contribution in [1.82, 2.24) is 10.3 Å². The third-order valence-electron chi connectivity index (χ3n) is 5.63.